The summed E-state index contributed by atoms with van der Waals surface area (Å²) in [5, 5.41) is 4.28. The molecule has 0 saturated carbocycles. The van der Waals surface area contributed by atoms with E-state index in [1.165, 1.54) is 0 Å². The first-order valence-electron chi connectivity index (χ1n) is 4.54. The van der Waals surface area contributed by atoms with Crippen LogP contribution in [0, 0.1) is 6.92 Å². The van der Waals surface area contributed by atoms with Crippen molar-refractivity contribution in [2.45, 2.75) is 6.92 Å². The zero-order valence-corrected chi connectivity index (χ0v) is 8.36. The van der Waals surface area contributed by atoms with Crippen LogP contribution in [-0.4, -0.2) is 9.78 Å². The van der Waals surface area contributed by atoms with Crippen molar-refractivity contribution in [3.05, 3.63) is 36.0 Å². The number of nitrogens with two attached hydrogens (primary N) is 1. The van der Waals surface area contributed by atoms with Gasteiger partial charge in [0.1, 0.15) is 0 Å². The Morgan fingerprint density at radius 2 is 1.86 bits per heavy atom. The molecule has 72 valence electrons. The average Bonchev–Trinajstić information content (AvgIpc) is 2.43. The van der Waals surface area contributed by atoms with Gasteiger partial charge in [-0.15, -0.1) is 0 Å². The molecule has 2 aromatic rings. The Balaban J connectivity index is 2.62. The van der Waals surface area contributed by atoms with Gasteiger partial charge >= 0.3 is 0 Å². The molecule has 14 heavy (non-hydrogen) atoms. The quantitative estimate of drug-likeness (QED) is 0.741. The fourth-order valence-corrected chi connectivity index (χ4v) is 1.61. The van der Waals surface area contributed by atoms with E-state index in [2.05, 4.69) is 5.10 Å². The molecule has 0 amide bonds. The minimum absolute atomic E-state index is 0.763. The highest BCUT2D eigenvalue weighted by molar-refractivity contribution is 5.74. The van der Waals surface area contributed by atoms with Crippen LogP contribution in [0.1, 0.15) is 5.69 Å². The summed E-state index contributed by atoms with van der Waals surface area (Å²) in [7, 11) is 1.91. The van der Waals surface area contributed by atoms with Gasteiger partial charge in [-0.25, -0.2) is 0 Å². The number of rotatable bonds is 1. The van der Waals surface area contributed by atoms with Crippen LogP contribution in [0.15, 0.2) is 30.3 Å². The minimum atomic E-state index is 0.763. The molecule has 0 atom stereocenters. The summed E-state index contributed by atoms with van der Waals surface area (Å²) in [6.45, 7) is 1.92. The molecule has 0 aliphatic carbocycles. The summed E-state index contributed by atoms with van der Waals surface area (Å²) in [5.41, 5.74) is 9.69. The first kappa shape index (κ1) is 8.81. The van der Waals surface area contributed by atoms with E-state index in [0.717, 1.165) is 22.6 Å². The zero-order valence-electron chi connectivity index (χ0n) is 8.36. The topological polar surface area (TPSA) is 43.8 Å². The number of anilines is 1. The van der Waals surface area contributed by atoms with Gasteiger partial charge < -0.3 is 5.73 Å². The van der Waals surface area contributed by atoms with Crippen molar-refractivity contribution in [2.24, 2.45) is 7.05 Å². The maximum atomic E-state index is 5.95. The number of hydrogen-bond donors (Lipinski definition) is 1. The fourth-order valence-electron chi connectivity index (χ4n) is 1.61. The van der Waals surface area contributed by atoms with E-state index >= 15 is 0 Å². The van der Waals surface area contributed by atoms with Crippen LogP contribution in [-0.2, 0) is 7.05 Å². The Bertz CT molecular complexity index is 443. The van der Waals surface area contributed by atoms with Crippen LogP contribution < -0.4 is 5.73 Å². The lowest BCUT2D eigenvalue weighted by molar-refractivity contribution is 0.764. The number of aromatic nitrogens is 2. The molecule has 3 nitrogen and oxygen atoms in total. The van der Waals surface area contributed by atoms with Gasteiger partial charge in [0, 0.05) is 12.6 Å². The first-order valence-corrected chi connectivity index (χ1v) is 4.54. The molecule has 0 unspecified atom stereocenters. The molecule has 1 aromatic heterocycles. The number of aryl methyl sites for hydroxylation is 2. The molecule has 0 radical (unpaired) electrons. The summed E-state index contributed by atoms with van der Waals surface area (Å²) in [5.74, 6) is 0. The predicted molar refractivity (Wildman–Crippen MR) is 57.8 cm³/mol. The van der Waals surface area contributed by atoms with Crippen LogP contribution in [0.2, 0.25) is 0 Å². The normalized spacial score (nSPS) is 10.4. The van der Waals surface area contributed by atoms with E-state index < -0.39 is 0 Å². The molecule has 0 aliphatic heterocycles. The van der Waals surface area contributed by atoms with Crippen LogP contribution in [0.5, 0.6) is 0 Å². The highest BCUT2D eigenvalue weighted by atomic mass is 15.3. The van der Waals surface area contributed by atoms with Crippen molar-refractivity contribution in [1.82, 2.24) is 9.78 Å². The second-order valence-corrected chi connectivity index (χ2v) is 3.34. The van der Waals surface area contributed by atoms with Crippen molar-refractivity contribution in [3.63, 3.8) is 0 Å². The lowest BCUT2D eigenvalue weighted by atomic mass is 10.1. The molecule has 0 bridgehead atoms. The van der Waals surface area contributed by atoms with Crippen LogP contribution in [0.3, 0.4) is 0 Å². The second kappa shape index (κ2) is 3.18. The molecule has 2 N–H and O–H groups in total. The zero-order chi connectivity index (χ0) is 10.1. The highest BCUT2D eigenvalue weighted by Gasteiger charge is 2.10. The van der Waals surface area contributed by atoms with Gasteiger partial charge in [0.2, 0.25) is 0 Å². The van der Waals surface area contributed by atoms with Gasteiger partial charge in [-0.2, -0.15) is 5.10 Å². The molecule has 3 heteroatoms. The second-order valence-electron chi connectivity index (χ2n) is 3.34. The van der Waals surface area contributed by atoms with E-state index in [0.29, 0.717) is 0 Å². The van der Waals surface area contributed by atoms with Gasteiger partial charge in [-0.05, 0) is 6.92 Å². The summed E-state index contributed by atoms with van der Waals surface area (Å²) in [4.78, 5) is 0. The Kier molecular flexibility index (Phi) is 2.00. The predicted octanol–water partition coefficient (Wildman–Crippen LogP) is 1.98. The Morgan fingerprint density at radius 3 is 2.36 bits per heavy atom. The van der Waals surface area contributed by atoms with Crippen molar-refractivity contribution in [1.29, 1.82) is 0 Å². The molecule has 2 rings (SSSR count). The summed E-state index contributed by atoms with van der Waals surface area (Å²) in [6, 6.07) is 10.1. The number of benzene rings is 1. The van der Waals surface area contributed by atoms with Gasteiger partial charge in [0.25, 0.3) is 0 Å². The maximum absolute atomic E-state index is 5.95. The standard InChI is InChI=1S/C11H13N3/c1-8-10(12)11(14(2)13-8)9-6-4-3-5-7-9/h3-7H,12H2,1-2H3. The lowest BCUT2D eigenvalue weighted by Crippen LogP contribution is -1.95. The van der Waals surface area contributed by atoms with Gasteiger partial charge in [-0.1, -0.05) is 30.3 Å². The van der Waals surface area contributed by atoms with E-state index in [9.17, 15) is 0 Å². The lowest BCUT2D eigenvalue weighted by Gasteiger charge is -2.02. The van der Waals surface area contributed by atoms with E-state index in [1.807, 2.05) is 49.0 Å². The van der Waals surface area contributed by atoms with Crippen molar-refractivity contribution in [3.8, 4) is 11.3 Å². The first-order chi connectivity index (χ1) is 6.70. The molecular formula is C11H13N3. The maximum Gasteiger partial charge on any atom is 0.0911 e. The largest absolute Gasteiger partial charge is 0.395 e. The molecule has 1 aromatic carbocycles. The Morgan fingerprint density at radius 1 is 1.21 bits per heavy atom. The number of nitrogens with zero attached hydrogens (tertiary/aromatic N) is 2. The number of nitrogen functional groups attached to an aromatic ring is 1. The third-order valence-electron chi connectivity index (χ3n) is 2.32. The SMILES string of the molecule is Cc1nn(C)c(-c2ccccc2)c1N. The third-order valence-corrected chi connectivity index (χ3v) is 2.32. The molecule has 1 heterocycles. The Labute approximate surface area is 83.2 Å². The van der Waals surface area contributed by atoms with Crippen LogP contribution in [0.4, 0.5) is 5.69 Å². The number of hydrogen-bond acceptors (Lipinski definition) is 2. The van der Waals surface area contributed by atoms with Crippen LogP contribution in [0.25, 0.3) is 11.3 Å². The van der Waals surface area contributed by atoms with Gasteiger partial charge in [-0.3, -0.25) is 4.68 Å². The fraction of sp³-hybridized carbons (Fsp3) is 0.182. The molecule has 0 saturated heterocycles. The molecular weight excluding hydrogens is 174 g/mol. The summed E-state index contributed by atoms with van der Waals surface area (Å²) < 4.78 is 1.82. The van der Waals surface area contributed by atoms with E-state index in [4.69, 9.17) is 5.73 Å². The van der Waals surface area contributed by atoms with Crippen molar-refractivity contribution in [2.75, 3.05) is 5.73 Å². The minimum Gasteiger partial charge on any atom is -0.395 e. The van der Waals surface area contributed by atoms with Gasteiger partial charge in [0.05, 0.1) is 17.1 Å². The third kappa shape index (κ3) is 1.27. The highest BCUT2D eigenvalue weighted by Crippen LogP contribution is 2.26. The average molecular weight is 187 g/mol. The van der Waals surface area contributed by atoms with Gasteiger partial charge in [0.15, 0.2) is 0 Å². The Hall–Kier alpha value is -1.77. The van der Waals surface area contributed by atoms with Crippen LogP contribution >= 0.6 is 0 Å². The monoisotopic (exact) mass is 187 g/mol. The summed E-state index contributed by atoms with van der Waals surface area (Å²) >= 11 is 0. The van der Waals surface area contributed by atoms with E-state index in [-0.39, 0.29) is 0 Å². The van der Waals surface area contributed by atoms with E-state index in [1.54, 1.807) is 0 Å². The summed E-state index contributed by atoms with van der Waals surface area (Å²) in [6.07, 6.45) is 0. The smallest absolute Gasteiger partial charge is 0.0911 e. The van der Waals surface area contributed by atoms with Crippen molar-refractivity contribution >= 4 is 5.69 Å². The molecule has 0 spiro atoms. The molecule has 0 aliphatic rings. The molecule has 0 fully saturated rings. The van der Waals surface area contributed by atoms with Crippen molar-refractivity contribution < 1.29 is 0 Å².